The van der Waals surface area contributed by atoms with Gasteiger partial charge in [-0.1, -0.05) is 13.8 Å². The van der Waals surface area contributed by atoms with E-state index in [1.807, 2.05) is 19.9 Å². The second kappa shape index (κ2) is 3.56. The van der Waals surface area contributed by atoms with E-state index in [9.17, 15) is 8.42 Å². The first-order valence-electron chi connectivity index (χ1n) is 5.12. The van der Waals surface area contributed by atoms with Gasteiger partial charge < -0.3 is 0 Å². The highest BCUT2D eigenvalue weighted by atomic mass is 32.2. The van der Waals surface area contributed by atoms with Gasteiger partial charge in [0.2, 0.25) is 0 Å². The highest BCUT2D eigenvalue weighted by Crippen LogP contribution is 2.32. The molecule has 0 spiro atoms. The summed E-state index contributed by atoms with van der Waals surface area (Å²) < 4.78 is 23.7. The molecule has 0 atom stereocenters. The van der Waals surface area contributed by atoms with Crippen molar-refractivity contribution in [2.75, 3.05) is 5.75 Å². The van der Waals surface area contributed by atoms with Gasteiger partial charge in [-0.15, -0.1) is 0 Å². The van der Waals surface area contributed by atoms with E-state index >= 15 is 0 Å². The molecule has 0 aliphatic carbocycles. The molecular weight excluding hydrogens is 224 g/mol. The third kappa shape index (κ3) is 1.50. The molecule has 84 valence electrons. The van der Waals surface area contributed by atoms with Crippen LogP contribution in [0.15, 0.2) is 11.1 Å². The average molecular weight is 236 g/mol. The van der Waals surface area contributed by atoms with Crippen molar-refractivity contribution in [2.24, 2.45) is 0 Å². The van der Waals surface area contributed by atoms with Crippen LogP contribution in [0.25, 0.3) is 0 Å². The minimum Gasteiger partial charge on any atom is -0.259 e. The molecule has 0 amide bonds. The largest absolute Gasteiger partial charge is 0.259 e. The lowest BCUT2D eigenvalue weighted by atomic mass is 10.0. The Morgan fingerprint density at radius 3 is 2.75 bits per heavy atom. The minimum absolute atomic E-state index is 0.0516. The second-order valence-electron chi connectivity index (χ2n) is 4.21. The van der Waals surface area contributed by atoms with Gasteiger partial charge in [0.25, 0.3) is 0 Å². The topological polar surface area (TPSA) is 70.8 Å². The van der Waals surface area contributed by atoms with Crippen molar-refractivity contribution in [1.29, 1.82) is 5.26 Å². The van der Waals surface area contributed by atoms with Crippen LogP contribution in [0.5, 0.6) is 0 Å². The highest BCUT2D eigenvalue weighted by Gasteiger charge is 2.31. The molecule has 5 heteroatoms. The smallest absolute Gasteiger partial charge is 0.180 e. The molecular formula is C11H12N2O2S. The van der Waals surface area contributed by atoms with Gasteiger partial charge in [-0.25, -0.2) is 8.42 Å². The van der Waals surface area contributed by atoms with Gasteiger partial charge in [-0.2, -0.15) is 5.26 Å². The maximum atomic E-state index is 11.8. The van der Waals surface area contributed by atoms with Gasteiger partial charge in [-0.3, -0.25) is 4.98 Å². The normalized spacial score (nSPS) is 17.1. The molecule has 2 rings (SSSR count). The SMILES string of the molecule is CC(C)c1ncc2c(c1C#N)S(=O)(=O)CC2. The van der Waals surface area contributed by atoms with E-state index in [1.54, 1.807) is 6.20 Å². The number of aryl methyl sites for hydroxylation is 1. The van der Waals surface area contributed by atoms with Crippen molar-refractivity contribution in [3.63, 3.8) is 0 Å². The molecule has 0 aromatic carbocycles. The standard InChI is InChI=1S/C11H12N2O2S/c1-7(2)10-9(5-12)11-8(6-13-10)3-4-16(11,14)15/h6-7H,3-4H2,1-2H3. The Hall–Kier alpha value is -1.41. The number of fused-ring (bicyclic) bond motifs is 1. The summed E-state index contributed by atoms with van der Waals surface area (Å²) in [6.45, 7) is 3.80. The molecule has 0 radical (unpaired) electrons. The van der Waals surface area contributed by atoms with Gasteiger partial charge in [0.1, 0.15) is 6.07 Å². The van der Waals surface area contributed by atoms with Crippen LogP contribution in [-0.2, 0) is 16.3 Å². The number of hydrogen-bond donors (Lipinski definition) is 0. The van der Waals surface area contributed by atoms with Crippen LogP contribution >= 0.6 is 0 Å². The molecule has 16 heavy (non-hydrogen) atoms. The first kappa shape index (κ1) is 11.1. The van der Waals surface area contributed by atoms with E-state index in [-0.39, 0.29) is 22.1 Å². The van der Waals surface area contributed by atoms with Crippen molar-refractivity contribution < 1.29 is 8.42 Å². The molecule has 0 saturated heterocycles. The quantitative estimate of drug-likeness (QED) is 0.739. The summed E-state index contributed by atoms with van der Waals surface area (Å²) in [5.41, 5.74) is 1.50. The number of sulfone groups is 1. The number of hydrogen-bond acceptors (Lipinski definition) is 4. The van der Waals surface area contributed by atoms with E-state index in [2.05, 4.69) is 4.98 Å². The Kier molecular flexibility index (Phi) is 2.47. The predicted octanol–water partition coefficient (Wildman–Crippen LogP) is 1.41. The summed E-state index contributed by atoms with van der Waals surface area (Å²) in [7, 11) is -3.27. The van der Waals surface area contributed by atoms with Crippen molar-refractivity contribution in [3.8, 4) is 6.07 Å². The molecule has 0 saturated carbocycles. The van der Waals surface area contributed by atoms with E-state index in [0.29, 0.717) is 17.7 Å². The molecule has 0 bridgehead atoms. The van der Waals surface area contributed by atoms with Crippen LogP contribution in [0.3, 0.4) is 0 Å². The molecule has 4 nitrogen and oxygen atoms in total. The molecule has 1 aromatic rings. The fourth-order valence-electron chi connectivity index (χ4n) is 1.97. The molecule has 1 aliphatic rings. The van der Waals surface area contributed by atoms with Crippen molar-refractivity contribution >= 4 is 9.84 Å². The van der Waals surface area contributed by atoms with Gasteiger partial charge in [-0.05, 0) is 17.9 Å². The van der Waals surface area contributed by atoms with Crippen molar-refractivity contribution in [1.82, 2.24) is 4.98 Å². The molecule has 0 unspecified atom stereocenters. The van der Waals surface area contributed by atoms with Gasteiger partial charge >= 0.3 is 0 Å². The zero-order chi connectivity index (χ0) is 11.9. The maximum absolute atomic E-state index is 11.8. The Labute approximate surface area is 94.9 Å². The Morgan fingerprint density at radius 1 is 1.50 bits per heavy atom. The molecule has 1 aliphatic heterocycles. The Balaban J connectivity index is 2.82. The van der Waals surface area contributed by atoms with Crippen LogP contribution in [-0.4, -0.2) is 19.2 Å². The summed E-state index contributed by atoms with van der Waals surface area (Å²) in [5.74, 6) is 0.149. The third-order valence-corrected chi connectivity index (χ3v) is 4.57. The summed E-state index contributed by atoms with van der Waals surface area (Å²) in [6, 6.07) is 1.99. The van der Waals surface area contributed by atoms with E-state index in [0.717, 1.165) is 0 Å². The van der Waals surface area contributed by atoms with Crippen LogP contribution in [0.2, 0.25) is 0 Å². The Morgan fingerprint density at radius 2 is 2.19 bits per heavy atom. The zero-order valence-corrected chi connectivity index (χ0v) is 10.0. The zero-order valence-electron chi connectivity index (χ0n) is 9.19. The summed E-state index contributed by atoms with van der Waals surface area (Å²) >= 11 is 0. The number of nitriles is 1. The number of rotatable bonds is 1. The number of nitrogens with zero attached hydrogens (tertiary/aromatic N) is 2. The molecule has 0 N–H and O–H groups in total. The summed E-state index contributed by atoms with van der Waals surface area (Å²) in [6.07, 6.45) is 2.06. The molecule has 1 aromatic heterocycles. The Bertz CT molecular complexity index is 583. The van der Waals surface area contributed by atoms with Crippen LogP contribution < -0.4 is 0 Å². The van der Waals surface area contributed by atoms with Crippen molar-refractivity contribution in [3.05, 3.63) is 23.0 Å². The van der Waals surface area contributed by atoms with E-state index in [1.165, 1.54) is 0 Å². The minimum atomic E-state index is -3.27. The molecule has 2 heterocycles. The van der Waals surface area contributed by atoms with Crippen molar-refractivity contribution in [2.45, 2.75) is 31.1 Å². The maximum Gasteiger partial charge on any atom is 0.180 e. The fourth-order valence-corrected chi connectivity index (χ4v) is 3.68. The number of pyridine rings is 1. The lowest BCUT2D eigenvalue weighted by Crippen LogP contribution is -2.06. The first-order valence-corrected chi connectivity index (χ1v) is 6.77. The monoisotopic (exact) mass is 236 g/mol. The summed E-state index contributed by atoms with van der Waals surface area (Å²) in [4.78, 5) is 4.42. The molecule has 0 fully saturated rings. The highest BCUT2D eigenvalue weighted by molar-refractivity contribution is 7.91. The first-order chi connectivity index (χ1) is 7.47. The van der Waals surface area contributed by atoms with Gasteiger partial charge in [0.15, 0.2) is 9.84 Å². The lowest BCUT2D eigenvalue weighted by Gasteiger charge is -2.09. The van der Waals surface area contributed by atoms with Crippen LogP contribution in [0, 0.1) is 11.3 Å². The third-order valence-electron chi connectivity index (χ3n) is 2.74. The van der Waals surface area contributed by atoms with Gasteiger partial charge in [0, 0.05) is 6.20 Å². The lowest BCUT2D eigenvalue weighted by molar-refractivity contribution is 0.599. The fraction of sp³-hybridized carbons (Fsp3) is 0.455. The predicted molar refractivity (Wildman–Crippen MR) is 58.8 cm³/mol. The summed E-state index contributed by atoms with van der Waals surface area (Å²) in [5, 5.41) is 9.11. The number of aromatic nitrogens is 1. The van der Waals surface area contributed by atoms with E-state index in [4.69, 9.17) is 5.26 Å². The second-order valence-corrected chi connectivity index (χ2v) is 6.25. The van der Waals surface area contributed by atoms with Crippen LogP contribution in [0.4, 0.5) is 0 Å². The average Bonchev–Trinajstić information content (AvgIpc) is 2.53. The van der Waals surface area contributed by atoms with E-state index < -0.39 is 9.84 Å². The van der Waals surface area contributed by atoms with Gasteiger partial charge in [0.05, 0.1) is 21.9 Å². The van der Waals surface area contributed by atoms with Crippen LogP contribution in [0.1, 0.15) is 36.6 Å².